The molecule has 94 valence electrons. The normalized spacial score (nSPS) is 17.0. The molecule has 2 rings (SSSR count). The van der Waals surface area contributed by atoms with Crippen LogP contribution in [0, 0.1) is 5.92 Å². The minimum absolute atomic E-state index is 0.830. The lowest BCUT2D eigenvalue weighted by atomic mass is 9.87. The molecular weight excluding hydrogens is 276 g/mol. The molecule has 0 atom stereocenters. The van der Waals surface area contributed by atoms with Crippen molar-refractivity contribution in [3.05, 3.63) is 22.7 Å². The van der Waals surface area contributed by atoms with Gasteiger partial charge in [0, 0.05) is 11.0 Å². The van der Waals surface area contributed by atoms with Crippen LogP contribution in [-0.2, 0) is 0 Å². The molecule has 3 N–H and O–H groups in total. The lowest BCUT2D eigenvalue weighted by Gasteiger charge is -2.21. The molecule has 1 aliphatic rings. The van der Waals surface area contributed by atoms with Crippen molar-refractivity contribution in [3.8, 4) is 0 Å². The monoisotopic (exact) mass is 296 g/mol. The van der Waals surface area contributed by atoms with E-state index in [1.54, 1.807) is 0 Å². The van der Waals surface area contributed by atoms with Crippen molar-refractivity contribution < 1.29 is 0 Å². The van der Waals surface area contributed by atoms with Crippen LogP contribution in [0.25, 0.3) is 0 Å². The second kappa shape index (κ2) is 6.29. The molecule has 0 saturated heterocycles. The van der Waals surface area contributed by atoms with E-state index in [1.807, 2.05) is 12.1 Å². The van der Waals surface area contributed by atoms with E-state index in [2.05, 4.69) is 27.3 Å². The van der Waals surface area contributed by atoms with E-state index < -0.39 is 0 Å². The van der Waals surface area contributed by atoms with Gasteiger partial charge in [-0.1, -0.05) is 48.0 Å². The number of nitrogen functional groups attached to an aromatic ring is 1. The quantitative estimate of drug-likeness (QED) is 0.808. The molecule has 1 aromatic rings. The van der Waals surface area contributed by atoms with Crippen LogP contribution in [-0.4, -0.2) is 6.54 Å². The number of hydrogen-bond donors (Lipinski definition) is 2. The molecular formula is C14H21BrN2. The predicted molar refractivity (Wildman–Crippen MR) is 78.2 cm³/mol. The Balaban J connectivity index is 1.79. The van der Waals surface area contributed by atoms with Crippen LogP contribution in [0.15, 0.2) is 22.7 Å². The molecule has 1 saturated carbocycles. The molecule has 1 fully saturated rings. The number of anilines is 2. The van der Waals surface area contributed by atoms with Gasteiger partial charge in [0.25, 0.3) is 0 Å². The second-order valence-corrected chi connectivity index (χ2v) is 5.87. The van der Waals surface area contributed by atoms with Crippen molar-refractivity contribution in [1.29, 1.82) is 0 Å². The maximum absolute atomic E-state index is 5.93. The topological polar surface area (TPSA) is 38.0 Å². The molecule has 0 spiro atoms. The Morgan fingerprint density at radius 1 is 1.24 bits per heavy atom. The van der Waals surface area contributed by atoms with Crippen molar-refractivity contribution >= 4 is 27.3 Å². The summed E-state index contributed by atoms with van der Waals surface area (Å²) in [6.45, 7) is 1.03. The average molecular weight is 297 g/mol. The molecule has 1 aliphatic carbocycles. The van der Waals surface area contributed by atoms with Gasteiger partial charge in [0.2, 0.25) is 0 Å². The lowest BCUT2D eigenvalue weighted by Crippen LogP contribution is -2.12. The fraction of sp³-hybridized carbons (Fsp3) is 0.571. The summed E-state index contributed by atoms with van der Waals surface area (Å²) in [5, 5.41) is 3.45. The first-order valence-corrected chi connectivity index (χ1v) is 7.34. The highest BCUT2D eigenvalue weighted by Gasteiger charge is 2.12. The largest absolute Gasteiger partial charge is 0.397 e. The van der Waals surface area contributed by atoms with Gasteiger partial charge >= 0.3 is 0 Å². The molecule has 17 heavy (non-hydrogen) atoms. The summed E-state index contributed by atoms with van der Waals surface area (Å²) in [6, 6.07) is 5.96. The van der Waals surface area contributed by atoms with Crippen LogP contribution in [0.4, 0.5) is 11.4 Å². The van der Waals surface area contributed by atoms with Gasteiger partial charge in [-0.15, -0.1) is 0 Å². The van der Waals surface area contributed by atoms with Crippen LogP contribution in [0.5, 0.6) is 0 Å². The molecule has 2 nitrogen and oxygen atoms in total. The lowest BCUT2D eigenvalue weighted by molar-refractivity contribution is 0.345. The first kappa shape index (κ1) is 12.7. The number of hydrogen-bond acceptors (Lipinski definition) is 2. The number of rotatable bonds is 4. The standard InChI is InChI=1S/C14H21BrN2/c15-12-6-7-13(16)14(10-12)17-9-8-11-4-2-1-3-5-11/h6-7,10-11,17H,1-5,8-9,16H2. The zero-order chi connectivity index (χ0) is 12.1. The molecule has 3 heteroatoms. The van der Waals surface area contributed by atoms with Gasteiger partial charge in [-0.05, 0) is 30.5 Å². The Labute approximate surface area is 112 Å². The number of nitrogens with one attached hydrogen (secondary N) is 1. The molecule has 0 unspecified atom stereocenters. The molecule has 1 aromatic carbocycles. The summed E-state index contributed by atoms with van der Waals surface area (Å²) in [4.78, 5) is 0. The second-order valence-electron chi connectivity index (χ2n) is 4.95. The Morgan fingerprint density at radius 3 is 2.76 bits per heavy atom. The molecule has 0 radical (unpaired) electrons. The fourth-order valence-corrected chi connectivity index (χ4v) is 2.93. The molecule has 0 bridgehead atoms. The fourth-order valence-electron chi connectivity index (χ4n) is 2.57. The van der Waals surface area contributed by atoms with E-state index in [1.165, 1.54) is 38.5 Å². The SMILES string of the molecule is Nc1ccc(Br)cc1NCCC1CCCCC1. The Hall–Kier alpha value is -0.700. The summed E-state index contributed by atoms with van der Waals surface area (Å²) < 4.78 is 1.08. The highest BCUT2D eigenvalue weighted by molar-refractivity contribution is 9.10. The summed E-state index contributed by atoms with van der Waals surface area (Å²) in [5.41, 5.74) is 7.81. The van der Waals surface area contributed by atoms with E-state index in [9.17, 15) is 0 Å². The Kier molecular flexibility index (Phi) is 4.72. The average Bonchev–Trinajstić information content (AvgIpc) is 2.35. The maximum atomic E-state index is 5.93. The highest BCUT2D eigenvalue weighted by atomic mass is 79.9. The van der Waals surface area contributed by atoms with Crippen LogP contribution in [0.1, 0.15) is 38.5 Å². The van der Waals surface area contributed by atoms with Gasteiger partial charge in [-0.2, -0.15) is 0 Å². The summed E-state index contributed by atoms with van der Waals surface area (Å²) in [7, 11) is 0. The smallest absolute Gasteiger partial charge is 0.0585 e. The first-order valence-electron chi connectivity index (χ1n) is 6.54. The summed E-state index contributed by atoms with van der Waals surface area (Å²) in [6.07, 6.45) is 8.37. The number of benzene rings is 1. The van der Waals surface area contributed by atoms with Gasteiger partial charge in [0.05, 0.1) is 11.4 Å². The van der Waals surface area contributed by atoms with E-state index in [0.717, 1.165) is 28.3 Å². The highest BCUT2D eigenvalue weighted by Crippen LogP contribution is 2.27. The third-order valence-electron chi connectivity index (χ3n) is 3.61. The maximum Gasteiger partial charge on any atom is 0.0585 e. The molecule has 0 amide bonds. The van der Waals surface area contributed by atoms with Crippen molar-refractivity contribution in [2.24, 2.45) is 5.92 Å². The van der Waals surface area contributed by atoms with E-state index in [-0.39, 0.29) is 0 Å². The predicted octanol–water partition coefficient (Wildman–Crippen LogP) is 4.41. The van der Waals surface area contributed by atoms with Gasteiger partial charge in [-0.3, -0.25) is 0 Å². The van der Waals surface area contributed by atoms with E-state index >= 15 is 0 Å². The minimum Gasteiger partial charge on any atom is -0.397 e. The van der Waals surface area contributed by atoms with Crippen LogP contribution in [0.3, 0.4) is 0 Å². The van der Waals surface area contributed by atoms with Gasteiger partial charge in [0.15, 0.2) is 0 Å². The van der Waals surface area contributed by atoms with E-state index in [0.29, 0.717) is 0 Å². The minimum atomic E-state index is 0.830. The summed E-state index contributed by atoms with van der Waals surface area (Å²) in [5.74, 6) is 0.921. The van der Waals surface area contributed by atoms with Crippen molar-refractivity contribution in [2.45, 2.75) is 38.5 Å². The number of halogens is 1. The Bertz CT molecular complexity index is 359. The first-order chi connectivity index (χ1) is 8.25. The molecule has 0 aromatic heterocycles. The third-order valence-corrected chi connectivity index (χ3v) is 4.10. The Morgan fingerprint density at radius 2 is 2.00 bits per heavy atom. The zero-order valence-electron chi connectivity index (χ0n) is 10.2. The van der Waals surface area contributed by atoms with Gasteiger partial charge < -0.3 is 11.1 Å². The van der Waals surface area contributed by atoms with Crippen LogP contribution >= 0.6 is 15.9 Å². The van der Waals surface area contributed by atoms with Gasteiger partial charge in [0.1, 0.15) is 0 Å². The molecule has 0 aliphatic heterocycles. The van der Waals surface area contributed by atoms with Crippen molar-refractivity contribution in [1.82, 2.24) is 0 Å². The van der Waals surface area contributed by atoms with Crippen molar-refractivity contribution in [2.75, 3.05) is 17.6 Å². The van der Waals surface area contributed by atoms with Crippen LogP contribution in [0.2, 0.25) is 0 Å². The molecule has 0 heterocycles. The third kappa shape index (κ3) is 3.91. The van der Waals surface area contributed by atoms with E-state index in [4.69, 9.17) is 5.73 Å². The van der Waals surface area contributed by atoms with Crippen LogP contribution < -0.4 is 11.1 Å². The van der Waals surface area contributed by atoms with Crippen molar-refractivity contribution in [3.63, 3.8) is 0 Å². The summed E-state index contributed by atoms with van der Waals surface area (Å²) >= 11 is 3.47. The number of nitrogens with two attached hydrogens (primary N) is 1. The zero-order valence-corrected chi connectivity index (χ0v) is 11.8. The van der Waals surface area contributed by atoms with Gasteiger partial charge in [-0.25, -0.2) is 0 Å².